The molecule has 0 atom stereocenters. The van der Waals surface area contributed by atoms with Crippen LogP contribution in [0.3, 0.4) is 0 Å². The number of halogens is 3. The summed E-state index contributed by atoms with van der Waals surface area (Å²) in [4.78, 5) is 16.5. The van der Waals surface area contributed by atoms with E-state index in [2.05, 4.69) is 31.5 Å². The van der Waals surface area contributed by atoms with Gasteiger partial charge in [0.2, 0.25) is 0 Å². The number of nitrogens with one attached hydrogen (secondary N) is 2. The van der Waals surface area contributed by atoms with Crippen molar-refractivity contribution in [3.63, 3.8) is 0 Å². The van der Waals surface area contributed by atoms with Gasteiger partial charge in [-0.3, -0.25) is 4.79 Å². The number of benzene rings is 1. The highest BCUT2D eigenvalue weighted by Gasteiger charge is 2.14. The average Bonchev–Trinajstić information content (AvgIpc) is 2.41. The molecule has 1 aromatic carbocycles. The Bertz CT molecular complexity index is 686. The highest BCUT2D eigenvalue weighted by atomic mass is 79.9. The molecule has 0 radical (unpaired) electrons. The number of anilines is 2. The van der Waals surface area contributed by atoms with Crippen LogP contribution in [0.5, 0.6) is 0 Å². The van der Waals surface area contributed by atoms with Crippen LogP contribution in [0.25, 0.3) is 0 Å². The van der Waals surface area contributed by atoms with Crippen LogP contribution in [0.1, 0.15) is 16.1 Å². The summed E-state index contributed by atoms with van der Waals surface area (Å²) in [6.45, 7) is 1.79. The molecular formula is C14H12BrClFN3O. The van der Waals surface area contributed by atoms with Crippen molar-refractivity contribution in [3.8, 4) is 0 Å². The van der Waals surface area contributed by atoms with Crippen LogP contribution in [0, 0.1) is 12.7 Å². The number of nitrogens with zero attached hydrogens (tertiary/aromatic N) is 1. The minimum Gasteiger partial charge on any atom is -0.373 e. The van der Waals surface area contributed by atoms with Crippen molar-refractivity contribution < 1.29 is 9.18 Å². The van der Waals surface area contributed by atoms with E-state index in [0.717, 1.165) is 6.07 Å². The lowest BCUT2D eigenvalue weighted by molar-refractivity contribution is 0.102. The summed E-state index contributed by atoms with van der Waals surface area (Å²) in [5.74, 6) is -0.252. The zero-order chi connectivity index (χ0) is 15.6. The number of rotatable bonds is 3. The predicted molar refractivity (Wildman–Crippen MR) is 85.6 cm³/mol. The summed E-state index contributed by atoms with van der Waals surface area (Å²) >= 11 is 9.12. The minimum atomic E-state index is -0.484. The van der Waals surface area contributed by atoms with Gasteiger partial charge in [-0.15, -0.1) is 0 Å². The molecule has 2 aromatic rings. The second kappa shape index (κ2) is 6.41. The lowest BCUT2D eigenvalue weighted by Gasteiger charge is -2.11. The second-order valence-electron chi connectivity index (χ2n) is 4.33. The predicted octanol–water partition coefficient (Wildman–Crippen LogP) is 4.24. The van der Waals surface area contributed by atoms with Crippen LogP contribution in [0.15, 0.2) is 28.7 Å². The number of carbonyl (C=O) groups excluding carboxylic acids is 1. The molecule has 2 rings (SSSR count). The van der Waals surface area contributed by atoms with E-state index in [0.29, 0.717) is 27.2 Å². The number of carbonyl (C=O) groups is 1. The molecule has 0 aliphatic rings. The molecule has 2 N–H and O–H groups in total. The zero-order valence-electron chi connectivity index (χ0n) is 11.3. The van der Waals surface area contributed by atoms with Crippen molar-refractivity contribution in [1.82, 2.24) is 4.98 Å². The van der Waals surface area contributed by atoms with Crippen molar-refractivity contribution in [2.45, 2.75) is 6.92 Å². The lowest BCUT2D eigenvalue weighted by atomic mass is 10.2. The second-order valence-corrected chi connectivity index (χ2v) is 5.59. The first-order valence-electron chi connectivity index (χ1n) is 6.03. The fourth-order valence-corrected chi connectivity index (χ4v) is 2.67. The molecule has 0 aliphatic heterocycles. The van der Waals surface area contributed by atoms with E-state index in [-0.39, 0.29) is 10.9 Å². The Balaban J connectivity index is 2.32. The molecular weight excluding hydrogens is 361 g/mol. The van der Waals surface area contributed by atoms with Gasteiger partial charge in [0, 0.05) is 22.8 Å². The smallest absolute Gasteiger partial charge is 0.255 e. The van der Waals surface area contributed by atoms with E-state index in [1.54, 1.807) is 26.1 Å². The summed E-state index contributed by atoms with van der Waals surface area (Å²) in [7, 11) is 1.72. The molecule has 0 aliphatic carbocycles. The van der Waals surface area contributed by atoms with Crippen LogP contribution in [0.4, 0.5) is 15.9 Å². The monoisotopic (exact) mass is 371 g/mol. The molecule has 7 heteroatoms. The first kappa shape index (κ1) is 15.7. The zero-order valence-corrected chi connectivity index (χ0v) is 13.6. The van der Waals surface area contributed by atoms with Crippen LogP contribution in [-0.2, 0) is 0 Å². The number of aromatic nitrogens is 1. The fraction of sp³-hybridized carbons (Fsp3) is 0.143. The summed E-state index contributed by atoms with van der Waals surface area (Å²) in [6.07, 6.45) is 0. The van der Waals surface area contributed by atoms with Crippen LogP contribution >= 0.6 is 27.5 Å². The molecule has 0 saturated carbocycles. The minimum absolute atomic E-state index is 0.120. The van der Waals surface area contributed by atoms with Gasteiger partial charge in [0.25, 0.3) is 5.91 Å². The quantitative estimate of drug-likeness (QED) is 0.847. The average molecular weight is 373 g/mol. The number of amides is 1. The first-order valence-corrected chi connectivity index (χ1v) is 7.20. The Morgan fingerprint density at radius 3 is 2.67 bits per heavy atom. The molecule has 0 spiro atoms. The van der Waals surface area contributed by atoms with Gasteiger partial charge >= 0.3 is 0 Å². The molecule has 1 aromatic heterocycles. The molecule has 0 bridgehead atoms. The van der Waals surface area contributed by atoms with E-state index in [1.165, 1.54) is 6.07 Å². The third-order valence-electron chi connectivity index (χ3n) is 2.72. The van der Waals surface area contributed by atoms with Gasteiger partial charge in [0.15, 0.2) is 0 Å². The van der Waals surface area contributed by atoms with E-state index in [4.69, 9.17) is 11.6 Å². The summed E-state index contributed by atoms with van der Waals surface area (Å²) in [6, 6.07) is 5.65. The number of hydrogen-bond acceptors (Lipinski definition) is 3. The molecule has 110 valence electrons. The summed E-state index contributed by atoms with van der Waals surface area (Å²) in [5.41, 5.74) is 1.46. The van der Waals surface area contributed by atoms with Gasteiger partial charge in [-0.1, -0.05) is 11.6 Å². The van der Waals surface area contributed by atoms with Crippen molar-refractivity contribution in [2.24, 2.45) is 0 Å². The van der Waals surface area contributed by atoms with Crippen molar-refractivity contribution >= 4 is 44.9 Å². The number of hydrogen-bond donors (Lipinski definition) is 2. The molecule has 0 unspecified atom stereocenters. The molecule has 4 nitrogen and oxygen atoms in total. The van der Waals surface area contributed by atoms with E-state index in [9.17, 15) is 9.18 Å². The van der Waals surface area contributed by atoms with E-state index >= 15 is 0 Å². The number of pyridine rings is 1. The van der Waals surface area contributed by atoms with Gasteiger partial charge in [0.05, 0.1) is 10.7 Å². The SMILES string of the molecule is CNc1cc(C(=O)Nc2c(Cl)cc(F)cc2Br)cc(C)n1. The van der Waals surface area contributed by atoms with Crippen LogP contribution in [-0.4, -0.2) is 17.9 Å². The van der Waals surface area contributed by atoms with Crippen LogP contribution in [0.2, 0.25) is 5.02 Å². The topological polar surface area (TPSA) is 54.0 Å². The van der Waals surface area contributed by atoms with E-state index < -0.39 is 5.82 Å². The third-order valence-corrected chi connectivity index (χ3v) is 3.64. The standard InChI is InChI=1S/C14H12BrClFN3O/c1-7-3-8(4-12(18-2)19-7)14(21)20-13-10(15)5-9(17)6-11(13)16/h3-6H,1-2H3,(H,18,19)(H,20,21). The largest absolute Gasteiger partial charge is 0.373 e. The van der Waals surface area contributed by atoms with Gasteiger partial charge in [-0.05, 0) is 47.1 Å². The fourth-order valence-electron chi connectivity index (χ4n) is 1.78. The Hall–Kier alpha value is -1.66. The molecule has 1 amide bonds. The van der Waals surface area contributed by atoms with Crippen LogP contribution < -0.4 is 10.6 Å². The summed E-state index contributed by atoms with van der Waals surface area (Å²) < 4.78 is 13.6. The lowest BCUT2D eigenvalue weighted by Crippen LogP contribution is -2.14. The highest BCUT2D eigenvalue weighted by Crippen LogP contribution is 2.32. The molecule has 1 heterocycles. The number of aryl methyl sites for hydroxylation is 1. The Morgan fingerprint density at radius 1 is 1.33 bits per heavy atom. The maximum Gasteiger partial charge on any atom is 0.255 e. The van der Waals surface area contributed by atoms with Crippen molar-refractivity contribution in [2.75, 3.05) is 17.7 Å². The van der Waals surface area contributed by atoms with Crippen molar-refractivity contribution in [3.05, 3.63) is 50.8 Å². The van der Waals surface area contributed by atoms with Gasteiger partial charge in [-0.25, -0.2) is 9.37 Å². The molecule has 0 fully saturated rings. The Labute approximate surface area is 134 Å². The maximum atomic E-state index is 13.2. The van der Waals surface area contributed by atoms with E-state index in [1.807, 2.05) is 0 Å². The molecule has 0 saturated heterocycles. The van der Waals surface area contributed by atoms with Gasteiger partial charge in [0.1, 0.15) is 11.6 Å². The van der Waals surface area contributed by atoms with Gasteiger partial charge in [-0.2, -0.15) is 0 Å². The Morgan fingerprint density at radius 2 is 2.05 bits per heavy atom. The molecule has 21 heavy (non-hydrogen) atoms. The Kier molecular flexibility index (Phi) is 4.80. The van der Waals surface area contributed by atoms with Crippen molar-refractivity contribution in [1.29, 1.82) is 0 Å². The normalized spacial score (nSPS) is 10.3. The van der Waals surface area contributed by atoms with Gasteiger partial charge < -0.3 is 10.6 Å². The highest BCUT2D eigenvalue weighted by molar-refractivity contribution is 9.10. The maximum absolute atomic E-state index is 13.2. The third kappa shape index (κ3) is 3.71. The summed E-state index contributed by atoms with van der Waals surface area (Å²) in [5, 5.41) is 5.66. The first-order chi connectivity index (χ1) is 9.90.